The van der Waals surface area contributed by atoms with Gasteiger partial charge < -0.3 is 20.3 Å². The highest BCUT2D eigenvalue weighted by Crippen LogP contribution is 2.33. The summed E-state index contributed by atoms with van der Waals surface area (Å²) in [4.78, 5) is 16.6. The molecular formula is C16H23N3O2. The number of piperidine rings is 1. The molecule has 0 radical (unpaired) electrons. The average molecular weight is 289 g/mol. The van der Waals surface area contributed by atoms with Crippen LogP contribution in [0.25, 0.3) is 0 Å². The maximum atomic E-state index is 12.4. The van der Waals surface area contributed by atoms with E-state index in [0.717, 1.165) is 43.9 Å². The second kappa shape index (κ2) is 6.03. The van der Waals surface area contributed by atoms with Crippen molar-refractivity contribution in [1.29, 1.82) is 0 Å². The third-order valence-electron chi connectivity index (χ3n) is 4.35. The van der Waals surface area contributed by atoms with Gasteiger partial charge in [-0.1, -0.05) is 12.1 Å². The normalized spacial score (nSPS) is 23.8. The molecule has 1 unspecified atom stereocenters. The number of nitrogens with zero attached hydrogens (tertiary/aromatic N) is 2. The van der Waals surface area contributed by atoms with Crippen LogP contribution in [0.1, 0.15) is 19.8 Å². The number of hydrogen-bond acceptors (Lipinski definition) is 4. The lowest BCUT2D eigenvalue weighted by atomic mass is 10.1. The fourth-order valence-electron chi connectivity index (χ4n) is 3.01. The summed E-state index contributed by atoms with van der Waals surface area (Å²) >= 11 is 0. The van der Waals surface area contributed by atoms with Crippen LogP contribution < -0.4 is 15.4 Å². The third-order valence-corrected chi connectivity index (χ3v) is 4.35. The van der Waals surface area contributed by atoms with Crippen LogP contribution in [0.4, 0.5) is 5.69 Å². The maximum absolute atomic E-state index is 12.4. The molecule has 0 bridgehead atoms. The number of benzene rings is 1. The number of para-hydroxylation sites is 2. The SMILES string of the molecule is CC1Oc2ccccc2N(CCN2CCC(N)CC2)C1=O. The van der Waals surface area contributed by atoms with Gasteiger partial charge in [-0.15, -0.1) is 0 Å². The van der Waals surface area contributed by atoms with E-state index in [4.69, 9.17) is 10.5 Å². The first-order chi connectivity index (χ1) is 10.1. The van der Waals surface area contributed by atoms with E-state index in [2.05, 4.69) is 4.90 Å². The highest BCUT2D eigenvalue weighted by atomic mass is 16.5. The van der Waals surface area contributed by atoms with Crippen molar-refractivity contribution in [2.75, 3.05) is 31.1 Å². The number of carbonyl (C=O) groups is 1. The summed E-state index contributed by atoms with van der Waals surface area (Å²) in [6, 6.07) is 8.09. The van der Waals surface area contributed by atoms with Gasteiger partial charge in [0.15, 0.2) is 6.10 Å². The molecule has 2 aliphatic rings. The molecule has 0 saturated carbocycles. The van der Waals surface area contributed by atoms with E-state index in [1.165, 1.54) is 0 Å². The highest BCUT2D eigenvalue weighted by Gasteiger charge is 2.31. The molecule has 2 aliphatic heterocycles. The molecule has 5 heteroatoms. The van der Waals surface area contributed by atoms with Crippen molar-refractivity contribution in [2.45, 2.75) is 31.9 Å². The minimum absolute atomic E-state index is 0.0439. The van der Waals surface area contributed by atoms with Gasteiger partial charge in [0.25, 0.3) is 5.91 Å². The molecule has 1 fully saturated rings. The van der Waals surface area contributed by atoms with Gasteiger partial charge in [-0.2, -0.15) is 0 Å². The maximum Gasteiger partial charge on any atom is 0.267 e. The summed E-state index contributed by atoms with van der Waals surface area (Å²) in [6.45, 7) is 5.46. The number of carbonyl (C=O) groups excluding carboxylic acids is 1. The lowest BCUT2D eigenvalue weighted by molar-refractivity contribution is -0.125. The van der Waals surface area contributed by atoms with E-state index in [1.807, 2.05) is 36.1 Å². The predicted octanol–water partition coefficient (Wildman–Crippen LogP) is 1.22. The van der Waals surface area contributed by atoms with Crippen LogP contribution in [-0.2, 0) is 4.79 Å². The zero-order valence-corrected chi connectivity index (χ0v) is 12.5. The van der Waals surface area contributed by atoms with Crippen LogP contribution >= 0.6 is 0 Å². The monoisotopic (exact) mass is 289 g/mol. The zero-order chi connectivity index (χ0) is 14.8. The van der Waals surface area contributed by atoms with Gasteiger partial charge in [0, 0.05) is 19.1 Å². The average Bonchev–Trinajstić information content (AvgIpc) is 2.49. The van der Waals surface area contributed by atoms with Gasteiger partial charge in [-0.05, 0) is 45.0 Å². The van der Waals surface area contributed by atoms with Crippen molar-refractivity contribution in [2.24, 2.45) is 5.73 Å². The Bertz CT molecular complexity index is 512. The fraction of sp³-hybridized carbons (Fsp3) is 0.562. The highest BCUT2D eigenvalue weighted by molar-refractivity contribution is 5.99. The Morgan fingerprint density at radius 1 is 1.24 bits per heavy atom. The topological polar surface area (TPSA) is 58.8 Å². The van der Waals surface area contributed by atoms with Crippen molar-refractivity contribution in [3.05, 3.63) is 24.3 Å². The van der Waals surface area contributed by atoms with Gasteiger partial charge in [0.1, 0.15) is 5.75 Å². The predicted molar refractivity (Wildman–Crippen MR) is 82.5 cm³/mol. The Morgan fingerprint density at radius 2 is 1.95 bits per heavy atom. The molecule has 5 nitrogen and oxygen atoms in total. The second-order valence-corrected chi connectivity index (χ2v) is 5.90. The van der Waals surface area contributed by atoms with Crippen molar-refractivity contribution >= 4 is 11.6 Å². The Labute approximate surface area is 125 Å². The lowest BCUT2D eigenvalue weighted by Gasteiger charge is -2.36. The summed E-state index contributed by atoms with van der Waals surface area (Å²) in [5.74, 6) is 0.840. The number of anilines is 1. The van der Waals surface area contributed by atoms with E-state index in [1.54, 1.807) is 0 Å². The molecule has 114 valence electrons. The number of hydrogen-bond donors (Lipinski definition) is 1. The molecule has 0 aliphatic carbocycles. The Hall–Kier alpha value is -1.59. The quantitative estimate of drug-likeness (QED) is 0.909. The minimum Gasteiger partial charge on any atom is -0.479 e. The van der Waals surface area contributed by atoms with Crippen molar-refractivity contribution < 1.29 is 9.53 Å². The van der Waals surface area contributed by atoms with Gasteiger partial charge >= 0.3 is 0 Å². The van der Waals surface area contributed by atoms with E-state index >= 15 is 0 Å². The molecule has 2 N–H and O–H groups in total. The van der Waals surface area contributed by atoms with Gasteiger partial charge in [0.05, 0.1) is 5.69 Å². The largest absolute Gasteiger partial charge is 0.479 e. The molecule has 2 heterocycles. The van der Waals surface area contributed by atoms with Crippen molar-refractivity contribution in [1.82, 2.24) is 4.90 Å². The second-order valence-electron chi connectivity index (χ2n) is 5.90. The number of rotatable bonds is 3. The van der Waals surface area contributed by atoms with E-state index in [0.29, 0.717) is 12.6 Å². The van der Waals surface area contributed by atoms with Crippen molar-refractivity contribution in [3.8, 4) is 5.75 Å². The fourth-order valence-corrected chi connectivity index (χ4v) is 3.01. The van der Waals surface area contributed by atoms with Crippen LogP contribution in [0.2, 0.25) is 0 Å². The zero-order valence-electron chi connectivity index (χ0n) is 12.5. The van der Waals surface area contributed by atoms with E-state index in [-0.39, 0.29) is 5.91 Å². The summed E-state index contributed by atoms with van der Waals surface area (Å²) in [5, 5.41) is 0. The smallest absolute Gasteiger partial charge is 0.267 e. The van der Waals surface area contributed by atoms with Gasteiger partial charge in [0.2, 0.25) is 0 Å². The Kier molecular flexibility index (Phi) is 4.12. The van der Waals surface area contributed by atoms with Crippen LogP contribution in [0.3, 0.4) is 0 Å². The number of ether oxygens (including phenoxy) is 1. The molecule has 3 rings (SSSR count). The minimum atomic E-state index is -0.408. The van der Waals surface area contributed by atoms with Crippen molar-refractivity contribution in [3.63, 3.8) is 0 Å². The van der Waals surface area contributed by atoms with Crippen LogP contribution in [-0.4, -0.2) is 49.1 Å². The molecule has 1 aromatic rings. The number of amides is 1. The molecule has 0 aromatic heterocycles. The summed E-state index contributed by atoms with van der Waals surface area (Å²) in [6.07, 6.45) is 1.68. The number of fused-ring (bicyclic) bond motifs is 1. The van der Waals surface area contributed by atoms with E-state index < -0.39 is 6.10 Å². The summed E-state index contributed by atoms with van der Waals surface area (Å²) in [5.41, 5.74) is 6.82. The van der Waals surface area contributed by atoms with Crippen LogP contribution in [0.15, 0.2) is 24.3 Å². The van der Waals surface area contributed by atoms with Gasteiger partial charge in [-0.3, -0.25) is 4.79 Å². The first-order valence-corrected chi connectivity index (χ1v) is 7.70. The summed E-state index contributed by atoms with van der Waals surface area (Å²) in [7, 11) is 0. The number of nitrogens with two attached hydrogens (primary N) is 1. The molecular weight excluding hydrogens is 266 g/mol. The molecule has 1 saturated heterocycles. The Balaban J connectivity index is 1.68. The summed E-state index contributed by atoms with van der Waals surface area (Å²) < 4.78 is 5.66. The van der Waals surface area contributed by atoms with E-state index in [9.17, 15) is 4.79 Å². The molecule has 1 aromatic carbocycles. The standard InChI is InChI=1S/C16H23N3O2/c1-12-16(20)19(14-4-2-3-5-15(14)21-12)11-10-18-8-6-13(17)7-9-18/h2-5,12-13H,6-11,17H2,1H3. The molecule has 0 spiro atoms. The van der Waals surface area contributed by atoms with Crippen LogP contribution in [0, 0.1) is 0 Å². The Morgan fingerprint density at radius 3 is 2.71 bits per heavy atom. The first kappa shape index (κ1) is 14.4. The number of likely N-dealkylation sites (tertiary alicyclic amines) is 1. The third kappa shape index (κ3) is 3.04. The first-order valence-electron chi connectivity index (χ1n) is 7.70. The molecule has 1 amide bonds. The lowest BCUT2D eigenvalue weighted by Crippen LogP contribution is -2.49. The van der Waals surface area contributed by atoms with Gasteiger partial charge in [-0.25, -0.2) is 0 Å². The molecule has 21 heavy (non-hydrogen) atoms. The molecule has 1 atom stereocenters. The van der Waals surface area contributed by atoms with Crippen LogP contribution in [0.5, 0.6) is 5.75 Å².